The molecule has 6 heteroatoms. The monoisotopic (exact) mass is 1010 g/mol. The molecule has 0 heterocycles. The van der Waals surface area contributed by atoms with E-state index in [0.29, 0.717) is 25.7 Å². The van der Waals surface area contributed by atoms with Crippen molar-refractivity contribution in [3.8, 4) is 0 Å². The zero-order valence-corrected chi connectivity index (χ0v) is 47.9. The molecule has 1 atom stereocenters. The van der Waals surface area contributed by atoms with Gasteiger partial charge < -0.3 is 14.2 Å². The average molecular weight is 1020 g/mol. The molecule has 0 unspecified atom stereocenters. The summed E-state index contributed by atoms with van der Waals surface area (Å²) in [6, 6.07) is 0. The second kappa shape index (κ2) is 60.9. The van der Waals surface area contributed by atoms with Gasteiger partial charge >= 0.3 is 17.9 Å². The summed E-state index contributed by atoms with van der Waals surface area (Å²) in [5, 5.41) is 0. The van der Waals surface area contributed by atoms with Crippen molar-refractivity contribution in [2.75, 3.05) is 13.2 Å². The van der Waals surface area contributed by atoms with Gasteiger partial charge in [0.05, 0.1) is 0 Å². The summed E-state index contributed by atoms with van der Waals surface area (Å²) in [4.78, 5) is 38.2. The number of hydrogen-bond donors (Lipinski definition) is 0. The van der Waals surface area contributed by atoms with Crippen LogP contribution in [-0.4, -0.2) is 37.2 Å². The second-order valence-electron chi connectivity index (χ2n) is 20.3. The van der Waals surface area contributed by atoms with Crippen molar-refractivity contribution in [2.45, 2.75) is 297 Å². The molecule has 0 aliphatic heterocycles. The van der Waals surface area contributed by atoms with Gasteiger partial charge in [-0.2, -0.15) is 0 Å². The number of carbonyl (C=O) groups excluding carboxylic acids is 3. The number of ether oxygens (including phenoxy) is 3. The Labute approximate surface area is 451 Å². The maximum Gasteiger partial charge on any atom is 0.306 e. The Morgan fingerprint density at radius 1 is 0.274 bits per heavy atom. The molecule has 0 saturated heterocycles. The Hall–Kier alpha value is -3.67. The number of unbranched alkanes of at least 4 members (excludes halogenated alkanes) is 28. The van der Waals surface area contributed by atoms with Gasteiger partial charge in [0.25, 0.3) is 0 Å². The Morgan fingerprint density at radius 2 is 0.521 bits per heavy atom. The lowest BCUT2D eigenvalue weighted by Crippen LogP contribution is -2.30. The quantitative estimate of drug-likeness (QED) is 0.0261. The van der Waals surface area contributed by atoms with Crippen LogP contribution in [0.1, 0.15) is 290 Å². The van der Waals surface area contributed by atoms with Gasteiger partial charge in [-0.25, -0.2) is 0 Å². The maximum atomic E-state index is 12.8. The molecule has 0 fully saturated rings. The van der Waals surface area contributed by atoms with E-state index in [1.54, 1.807) is 0 Å². The first-order valence-corrected chi connectivity index (χ1v) is 30.7. The molecular formula is C67H114O6. The molecule has 0 amide bonds. The Morgan fingerprint density at radius 3 is 0.849 bits per heavy atom. The molecule has 0 N–H and O–H groups in total. The van der Waals surface area contributed by atoms with Crippen molar-refractivity contribution >= 4 is 17.9 Å². The molecule has 73 heavy (non-hydrogen) atoms. The standard InChI is InChI=1S/C67H114O6/c1-4-7-10-13-16-19-22-25-28-30-32-33-35-36-39-42-45-48-51-54-57-60-66(69)72-63-64(62-71-65(68)59-56-53-50-47-44-41-38-27-24-21-18-15-12-9-6-3)73-67(70)61-58-55-52-49-46-43-40-37-34-31-29-26-23-20-17-14-11-8-5-2/h17-18,20-21,26-27,29,34,37-38,43-44,46-47,52,55,64H,4-16,19,22-25,28,30-33,35-36,39-42,45,48-51,53-54,56-63H2,1-3H3/b20-17-,21-18-,29-26-,37-34-,38-27-,46-43-,47-44-,55-52-/t64-/m1/s1. The van der Waals surface area contributed by atoms with Crippen LogP contribution >= 0.6 is 0 Å². The summed E-state index contributed by atoms with van der Waals surface area (Å²) in [7, 11) is 0. The maximum absolute atomic E-state index is 12.8. The molecule has 6 nitrogen and oxygen atoms in total. The van der Waals surface area contributed by atoms with Crippen molar-refractivity contribution in [3.05, 3.63) is 97.2 Å². The van der Waals surface area contributed by atoms with Crippen molar-refractivity contribution in [1.29, 1.82) is 0 Å². The molecule has 0 aliphatic rings. The Bertz CT molecular complexity index is 1440. The van der Waals surface area contributed by atoms with Gasteiger partial charge in [0.1, 0.15) is 13.2 Å². The molecule has 0 bridgehead atoms. The van der Waals surface area contributed by atoms with Gasteiger partial charge in [0, 0.05) is 19.3 Å². The highest BCUT2D eigenvalue weighted by atomic mass is 16.6. The molecule has 418 valence electrons. The van der Waals surface area contributed by atoms with Gasteiger partial charge in [0.2, 0.25) is 0 Å². The van der Waals surface area contributed by atoms with Gasteiger partial charge in [-0.1, -0.05) is 272 Å². The van der Waals surface area contributed by atoms with E-state index in [4.69, 9.17) is 14.2 Å². The summed E-state index contributed by atoms with van der Waals surface area (Å²) in [5.41, 5.74) is 0. The highest BCUT2D eigenvalue weighted by Gasteiger charge is 2.19. The normalized spacial score (nSPS) is 12.8. The van der Waals surface area contributed by atoms with Crippen LogP contribution in [0.3, 0.4) is 0 Å². The first kappa shape index (κ1) is 69.3. The van der Waals surface area contributed by atoms with Crippen LogP contribution in [0, 0.1) is 0 Å². The van der Waals surface area contributed by atoms with E-state index in [1.807, 2.05) is 6.08 Å². The van der Waals surface area contributed by atoms with Gasteiger partial charge in [-0.15, -0.1) is 0 Å². The van der Waals surface area contributed by atoms with Crippen LogP contribution in [0.25, 0.3) is 0 Å². The first-order valence-electron chi connectivity index (χ1n) is 30.7. The minimum atomic E-state index is -0.833. The third kappa shape index (κ3) is 59.1. The summed E-state index contributed by atoms with van der Waals surface area (Å²) in [5.74, 6) is -1.03. The van der Waals surface area contributed by atoms with E-state index in [9.17, 15) is 14.4 Å². The summed E-state index contributed by atoms with van der Waals surface area (Å²) >= 11 is 0. The Kier molecular flexibility index (Phi) is 57.8. The topological polar surface area (TPSA) is 78.9 Å². The summed E-state index contributed by atoms with van der Waals surface area (Å²) in [6.45, 7) is 6.51. The van der Waals surface area contributed by atoms with Crippen LogP contribution < -0.4 is 0 Å². The lowest BCUT2D eigenvalue weighted by Gasteiger charge is -2.18. The fraction of sp³-hybridized carbons (Fsp3) is 0.716. The lowest BCUT2D eigenvalue weighted by molar-refractivity contribution is -0.166. The van der Waals surface area contributed by atoms with Crippen LogP contribution in [0.2, 0.25) is 0 Å². The second-order valence-corrected chi connectivity index (χ2v) is 20.3. The molecule has 0 aromatic carbocycles. The highest BCUT2D eigenvalue weighted by Crippen LogP contribution is 2.16. The number of carbonyl (C=O) groups is 3. The van der Waals surface area contributed by atoms with Crippen molar-refractivity contribution < 1.29 is 28.6 Å². The molecule has 0 saturated carbocycles. The minimum absolute atomic E-state index is 0.118. The molecule has 0 aliphatic carbocycles. The molecule has 0 rings (SSSR count). The highest BCUT2D eigenvalue weighted by molar-refractivity contribution is 5.71. The summed E-state index contributed by atoms with van der Waals surface area (Å²) in [6.07, 6.45) is 81.4. The molecule has 0 aromatic heterocycles. The zero-order chi connectivity index (χ0) is 52.9. The number of allylic oxidation sites excluding steroid dienone is 16. The van der Waals surface area contributed by atoms with Crippen molar-refractivity contribution in [1.82, 2.24) is 0 Å². The third-order valence-corrected chi connectivity index (χ3v) is 13.1. The van der Waals surface area contributed by atoms with Crippen molar-refractivity contribution in [3.63, 3.8) is 0 Å². The predicted molar refractivity (Wildman–Crippen MR) is 316 cm³/mol. The largest absolute Gasteiger partial charge is 0.462 e. The van der Waals surface area contributed by atoms with Crippen molar-refractivity contribution in [2.24, 2.45) is 0 Å². The van der Waals surface area contributed by atoms with E-state index in [-0.39, 0.29) is 31.6 Å². The van der Waals surface area contributed by atoms with E-state index < -0.39 is 12.1 Å². The van der Waals surface area contributed by atoms with Gasteiger partial charge in [-0.05, 0) is 96.3 Å². The molecular weight excluding hydrogens is 901 g/mol. The van der Waals surface area contributed by atoms with E-state index in [2.05, 4.69) is 112 Å². The first-order chi connectivity index (χ1) is 36.0. The van der Waals surface area contributed by atoms with Gasteiger partial charge in [0.15, 0.2) is 6.10 Å². The van der Waals surface area contributed by atoms with Gasteiger partial charge in [-0.3, -0.25) is 14.4 Å². The number of rotatable bonds is 55. The third-order valence-electron chi connectivity index (χ3n) is 13.1. The Balaban J connectivity index is 4.49. The lowest BCUT2D eigenvalue weighted by atomic mass is 10.0. The SMILES string of the molecule is CCCCC/C=C\C/C=C\C/C=C\C/C=C\C/C=C\CCC(=O)O[C@H](COC(=O)CCCC/C=C\C/C=C\C/C=C\CCCCC)COC(=O)CCCCCCCCCCCCCCCCCCCCCCC. The predicted octanol–water partition coefficient (Wildman–Crippen LogP) is 20.9. The number of hydrogen-bond acceptors (Lipinski definition) is 6. The van der Waals surface area contributed by atoms with Crippen LogP contribution in [0.4, 0.5) is 0 Å². The van der Waals surface area contributed by atoms with E-state index in [0.717, 1.165) is 70.6 Å². The molecule has 0 radical (unpaired) electrons. The number of esters is 3. The van der Waals surface area contributed by atoms with Crippen LogP contribution in [0.15, 0.2) is 97.2 Å². The minimum Gasteiger partial charge on any atom is -0.462 e. The van der Waals surface area contributed by atoms with Crippen LogP contribution in [0.5, 0.6) is 0 Å². The molecule has 0 aromatic rings. The summed E-state index contributed by atoms with van der Waals surface area (Å²) < 4.78 is 16.8. The fourth-order valence-electron chi connectivity index (χ4n) is 8.43. The van der Waals surface area contributed by atoms with Crippen LogP contribution in [-0.2, 0) is 28.6 Å². The smallest absolute Gasteiger partial charge is 0.306 e. The van der Waals surface area contributed by atoms with E-state index in [1.165, 1.54) is 167 Å². The average Bonchev–Trinajstić information content (AvgIpc) is 3.39. The van der Waals surface area contributed by atoms with E-state index >= 15 is 0 Å². The fourth-order valence-corrected chi connectivity index (χ4v) is 8.43. The zero-order valence-electron chi connectivity index (χ0n) is 47.9. The molecule has 0 spiro atoms.